The van der Waals surface area contributed by atoms with Crippen LogP contribution in [0.2, 0.25) is 0 Å². The van der Waals surface area contributed by atoms with Gasteiger partial charge in [-0.25, -0.2) is 0 Å². The summed E-state index contributed by atoms with van der Waals surface area (Å²) in [4.78, 5) is 2.11. The molecule has 1 aromatic rings. The number of hydrogen-bond donors (Lipinski definition) is 2. The molecule has 0 spiro atoms. The van der Waals surface area contributed by atoms with Gasteiger partial charge in [-0.15, -0.1) is 0 Å². The van der Waals surface area contributed by atoms with Gasteiger partial charge in [0, 0.05) is 18.4 Å². The second-order valence-corrected chi connectivity index (χ2v) is 3.54. The SMILES string of the molecule is CN1c2ccc(N)cc2CC1CO. The van der Waals surface area contributed by atoms with Crippen molar-refractivity contribution >= 4 is 11.4 Å². The number of hydrogen-bond acceptors (Lipinski definition) is 3. The largest absolute Gasteiger partial charge is 0.399 e. The summed E-state index contributed by atoms with van der Waals surface area (Å²) in [6, 6.07) is 6.12. The molecule has 13 heavy (non-hydrogen) atoms. The maximum Gasteiger partial charge on any atom is 0.0638 e. The molecule has 0 bridgehead atoms. The number of rotatable bonds is 1. The lowest BCUT2D eigenvalue weighted by atomic mass is 10.1. The first kappa shape index (κ1) is 8.38. The van der Waals surface area contributed by atoms with E-state index in [4.69, 9.17) is 10.8 Å². The molecule has 1 aliphatic rings. The summed E-state index contributed by atoms with van der Waals surface area (Å²) >= 11 is 0. The summed E-state index contributed by atoms with van der Waals surface area (Å²) in [5, 5.41) is 9.10. The van der Waals surface area contributed by atoms with E-state index < -0.39 is 0 Å². The van der Waals surface area contributed by atoms with Gasteiger partial charge in [0.15, 0.2) is 0 Å². The van der Waals surface area contributed by atoms with Crippen LogP contribution in [0.15, 0.2) is 18.2 Å². The van der Waals surface area contributed by atoms with E-state index in [0.717, 1.165) is 12.1 Å². The van der Waals surface area contributed by atoms with Crippen molar-refractivity contribution in [2.45, 2.75) is 12.5 Å². The summed E-state index contributed by atoms with van der Waals surface area (Å²) < 4.78 is 0. The quantitative estimate of drug-likeness (QED) is 0.620. The van der Waals surface area contributed by atoms with Crippen LogP contribution in [0.1, 0.15) is 5.56 Å². The van der Waals surface area contributed by atoms with Gasteiger partial charge in [-0.1, -0.05) is 0 Å². The summed E-state index contributed by atoms with van der Waals surface area (Å²) in [6.07, 6.45) is 0.896. The van der Waals surface area contributed by atoms with Crippen molar-refractivity contribution in [2.24, 2.45) is 0 Å². The van der Waals surface area contributed by atoms with Gasteiger partial charge in [0.2, 0.25) is 0 Å². The fourth-order valence-electron chi connectivity index (χ4n) is 1.89. The minimum absolute atomic E-state index is 0.199. The van der Waals surface area contributed by atoms with E-state index in [2.05, 4.69) is 4.90 Å². The molecule has 0 aromatic heterocycles. The van der Waals surface area contributed by atoms with Crippen molar-refractivity contribution < 1.29 is 5.11 Å². The Balaban J connectivity index is 2.38. The van der Waals surface area contributed by atoms with Crippen LogP contribution >= 0.6 is 0 Å². The van der Waals surface area contributed by atoms with Gasteiger partial charge >= 0.3 is 0 Å². The monoisotopic (exact) mass is 178 g/mol. The zero-order valence-corrected chi connectivity index (χ0v) is 7.70. The molecule has 0 fully saturated rings. The Labute approximate surface area is 77.8 Å². The molecular weight excluding hydrogens is 164 g/mol. The third-order valence-corrected chi connectivity index (χ3v) is 2.70. The lowest BCUT2D eigenvalue weighted by molar-refractivity contribution is 0.266. The zero-order valence-electron chi connectivity index (χ0n) is 7.70. The van der Waals surface area contributed by atoms with Gasteiger partial charge in [-0.2, -0.15) is 0 Å². The van der Waals surface area contributed by atoms with Crippen LogP contribution in [0.4, 0.5) is 11.4 Å². The Kier molecular flexibility index (Phi) is 1.88. The van der Waals surface area contributed by atoms with Gasteiger partial charge in [0.25, 0.3) is 0 Å². The molecular formula is C10H14N2O. The summed E-state index contributed by atoms with van der Waals surface area (Å²) in [7, 11) is 2.00. The third-order valence-electron chi connectivity index (χ3n) is 2.70. The van der Waals surface area contributed by atoms with Crippen molar-refractivity contribution in [3.63, 3.8) is 0 Å². The van der Waals surface area contributed by atoms with E-state index >= 15 is 0 Å². The minimum atomic E-state index is 0.199. The van der Waals surface area contributed by atoms with Crippen LogP contribution in [0, 0.1) is 0 Å². The van der Waals surface area contributed by atoms with E-state index in [-0.39, 0.29) is 12.6 Å². The molecule has 1 heterocycles. The smallest absolute Gasteiger partial charge is 0.0638 e. The van der Waals surface area contributed by atoms with E-state index in [0.29, 0.717) is 0 Å². The summed E-state index contributed by atoms with van der Waals surface area (Å²) in [5.41, 5.74) is 8.90. The van der Waals surface area contributed by atoms with E-state index in [9.17, 15) is 0 Å². The number of fused-ring (bicyclic) bond motifs is 1. The molecule has 1 aliphatic heterocycles. The normalized spacial score (nSPS) is 20.5. The van der Waals surface area contributed by atoms with Gasteiger partial charge in [0.1, 0.15) is 0 Å². The molecule has 0 saturated heterocycles. The Hall–Kier alpha value is -1.22. The Bertz CT molecular complexity index is 325. The average Bonchev–Trinajstić information content (AvgIpc) is 2.42. The molecule has 3 N–H and O–H groups in total. The topological polar surface area (TPSA) is 49.5 Å². The van der Waals surface area contributed by atoms with E-state index in [1.807, 2.05) is 25.2 Å². The Morgan fingerprint density at radius 1 is 1.62 bits per heavy atom. The first-order valence-corrected chi connectivity index (χ1v) is 4.44. The highest BCUT2D eigenvalue weighted by atomic mass is 16.3. The molecule has 1 unspecified atom stereocenters. The van der Waals surface area contributed by atoms with Gasteiger partial charge in [-0.3, -0.25) is 0 Å². The third kappa shape index (κ3) is 1.25. The van der Waals surface area contributed by atoms with Crippen molar-refractivity contribution in [3.8, 4) is 0 Å². The first-order valence-electron chi connectivity index (χ1n) is 4.44. The van der Waals surface area contributed by atoms with Crippen molar-refractivity contribution in [1.82, 2.24) is 0 Å². The number of aliphatic hydroxyl groups excluding tert-OH is 1. The summed E-state index contributed by atoms with van der Waals surface area (Å²) in [5.74, 6) is 0. The lowest BCUT2D eigenvalue weighted by Crippen LogP contribution is -2.30. The number of benzene rings is 1. The number of anilines is 2. The molecule has 1 atom stereocenters. The van der Waals surface area contributed by atoms with Crippen molar-refractivity contribution in [2.75, 3.05) is 24.3 Å². The minimum Gasteiger partial charge on any atom is -0.399 e. The number of nitrogens with zero attached hydrogens (tertiary/aromatic N) is 1. The second-order valence-electron chi connectivity index (χ2n) is 3.54. The highest BCUT2D eigenvalue weighted by Gasteiger charge is 2.25. The number of nitrogens with two attached hydrogens (primary N) is 1. The fraction of sp³-hybridized carbons (Fsp3) is 0.400. The molecule has 0 aliphatic carbocycles. The second kappa shape index (κ2) is 2.92. The maximum atomic E-state index is 9.10. The van der Waals surface area contributed by atoms with Crippen molar-refractivity contribution in [1.29, 1.82) is 0 Å². The number of aliphatic hydroxyl groups is 1. The molecule has 0 radical (unpaired) electrons. The highest BCUT2D eigenvalue weighted by molar-refractivity contribution is 5.63. The first-order chi connectivity index (χ1) is 6.22. The molecule has 3 heteroatoms. The summed E-state index contributed by atoms with van der Waals surface area (Å²) in [6.45, 7) is 0.199. The fourth-order valence-corrected chi connectivity index (χ4v) is 1.89. The Morgan fingerprint density at radius 2 is 2.38 bits per heavy atom. The number of likely N-dealkylation sites (N-methyl/N-ethyl adjacent to an activating group) is 1. The van der Waals surface area contributed by atoms with Crippen LogP contribution in [0.3, 0.4) is 0 Å². The van der Waals surface area contributed by atoms with Gasteiger partial charge in [-0.05, 0) is 30.2 Å². The van der Waals surface area contributed by atoms with Crippen LogP contribution in [-0.4, -0.2) is 24.8 Å². The van der Waals surface area contributed by atoms with Crippen molar-refractivity contribution in [3.05, 3.63) is 23.8 Å². The predicted octanol–water partition coefficient (Wildman–Crippen LogP) is 0.622. The van der Waals surface area contributed by atoms with Crippen LogP contribution < -0.4 is 10.6 Å². The average molecular weight is 178 g/mol. The van der Waals surface area contributed by atoms with Crippen LogP contribution in [0.5, 0.6) is 0 Å². The molecule has 0 amide bonds. The van der Waals surface area contributed by atoms with Gasteiger partial charge < -0.3 is 15.7 Å². The predicted molar refractivity (Wildman–Crippen MR) is 53.8 cm³/mol. The van der Waals surface area contributed by atoms with Crippen LogP contribution in [0.25, 0.3) is 0 Å². The van der Waals surface area contributed by atoms with E-state index in [1.165, 1.54) is 11.3 Å². The highest BCUT2D eigenvalue weighted by Crippen LogP contribution is 2.31. The zero-order chi connectivity index (χ0) is 9.42. The maximum absolute atomic E-state index is 9.10. The molecule has 3 nitrogen and oxygen atoms in total. The van der Waals surface area contributed by atoms with Gasteiger partial charge in [0.05, 0.1) is 12.6 Å². The molecule has 70 valence electrons. The molecule has 0 saturated carbocycles. The Morgan fingerprint density at radius 3 is 3.08 bits per heavy atom. The molecule has 2 rings (SSSR count). The lowest BCUT2D eigenvalue weighted by Gasteiger charge is -2.20. The van der Waals surface area contributed by atoms with E-state index in [1.54, 1.807) is 0 Å². The van der Waals surface area contributed by atoms with Crippen LogP contribution in [-0.2, 0) is 6.42 Å². The standard InChI is InChI=1S/C10H14N2O/c1-12-9(6-13)5-7-4-8(11)2-3-10(7)12/h2-4,9,13H,5-6,11H2,1H3. The number of nitrogen functional groups attached to an aromatic ring is 1. The molecule has 1 aromatic carbocycles.